The molecule has 2 amide bonds. The van der Waals surface area contributed by atoms with Crippen molar-refractivity contribution in [3.05, 3.63) is 0 Å². The minimum Gasteiger partial charge on any atom is -0.469 e. The Morgan fingerprint density at radius 1 is 0.864 bits per heavy atom. The molecular weight excluding hydrogens is 292 g/mol. The van der Waals surface area contributed by atoms with E-state index in [9.17, 15) is 19.2 Å². The first-order valence-corrected chi connectivity index (χ1v) is 5.98. The molecule has 0 spiro atoms. The molecule has 0 atom stereocenters. The molecule has 8 nitrogen and oxygen atoms in total. The lowest BCUT2D eigenvalue weighted by atomic mass is 10.6. The van der Waals surface area contributed by atoms with Gasteiger partial charge in [0.15, 0.2) is 0 Å². The largest absolute Gasteiger partial charge is 0.469 e. The van der Waals surface area contributed by atoms with Gasteiger partial charge in [-0.1, -0.05) is 7.43 Å². The number of ketones is 1. The summed E-state index contributed by atoms with van der Waals surface area (Å²) in [6.07, 6.45) is 0. The number of ether oxygens (including phenoxy) is 2. The number of carbonyl (C=O) groups excluding carboxylic acids is 4. The molecule has 0 aliphatic carbocycles. The van der Waals surface area contributed by atoms with Crippen LogP contribution in [0.15, 0.2) is 0 Å². The molecular formula is C14H32N2O6. The second kappa shape index (κ2) is 27.4. The van der Waals surface area contributed by atoms with Gasteiger partial charge in [0.1, 0.15) is 12.5 Å². The summed E-state index contributed by atoms with van der Waals surface area (Å²) in [5.74, 6) is -0.142. The third kappa shape index (κ3) is 144. The minimum atomic E-state index is -0.245. The first-order valence-electron chi connectivity index (χ1n) is 5.98. The van der Waals surface area contributed by atoms with Crippen molar-refractivity contribution in [2.45, 2.75) is 42.0 Å². The zero-order chi connectivity index (χ0) is 17.8. The van der Waals surface area contributed by atoms with Crippen LogP contribution >= 0.6 is 0 Å². The maximum Gasteiger partial charge on any atom is 0.302 e. The normalized spacial score (nSPS) is 6.91. The smallest absolute Gasteiger partial charge is 0.302 e. The molecule has 0 fully saturated rings. The predicted octanol–water partition coefficient (Wildman–Crippen LogP) is 0.889. The third-order valence-corrected chi connectivity index (χ3v) is 1.10. The molecule has 0 rings (SSSR count). The zero-order valence-electron chi connectivity index (χ0n) is 14.2. The van der Waals surface area contributed by atoms with E-state index in [1.54, 1.807) is 7.05 Å². The molecule has 0 saturated carbocycles. The Balaban J connectivity index is -0.0000000588. The Morgan fingerprint density at radius 3 is 1.18 bits per heavy atom. The minimum absolute atomic E-state index is 0. The predicted molar refractivity (Wildman–Crippen MR) is 86.2 cm³/mol. The van der Waals surface area contributed by atoms with E-state index < -0.39 is 0 Å². The van der Waals surface area contributed by atoms with Crippen LogP contribution in [0.3, 0.4) is 0 Å². The van der Waals surface area contributed by atoms with Crippen molar-refractivity contribution in [2.75, 3.05) is 28.0 Å². The number of esters is 1. The number of rotatable bonds is 2. The van der Waals surface area contributed by atoms with Crippen molar-refractivity contribution < 1.29 is 28.7 Å². The van der Waals surface area contributed by atoms with E-state index in [0.717, 1.165) is 0 Å². The molecule has 8 heteroatoms. The highest BCUT2D eigenvalue weighted by Crippen LogP contribution is 1.60. The first-order chi connectivity index (χ1) is 9.54. The fourth-order valence-corrected chi connectivity index (χ4v) is 0.174. The molecule has 0 saturated heterocycles. The number of amides is 2. The van der Waals surface area contributed by atoms with Gasteiger partial charge in [0.2, 0.25) is 11.8 Å². The molecule has 0 radical (unpaired) electrons. The molecule has 0 aromatic carbocycles. The van der Waals surface area contributed by atoms with E-state index in [2.05, 4.69) is 20.1 Å². The molecule has 0 unspecified atom stereocenters. The van der Waals surface area contributed by atoms with E-state index in [1.807, 2.05) is 0 Å². The van der Waals surface area contributed by atoms with Crippen LogP contribution in [-0.4, -0.2) is 51.6 Å². The summed E-state index contributed by atoms with van der Waals surface area (Å²) < 4.78 is 8.63. The number of hydrogen-bond donors (Lipinski definition) is 2. The Kier molecular flexibility index (Phi) is 40.0. The average molecular weight is 324 g/mol. The van der Waals surface area contributed by atoms with Gasteiger partial charge < -0.3 is 24.9 Å². The summed E-state index contributed by atoms with van der Waals surface area (Å²) in [5.41, 5.74) is 0. The van der Waals surface area contributed by atoms with Crippen molar-refractivity contribution in [1.29, 1.82) is 0 Å². The van der Waals surface area contributed by atoms with E-state index in [-0.39, 0.29) is 31.0 Å². The molecule has 2 N–H and O–H groups in total. The van der Waals surface area contributed by atoms with Crippen LogP contribution in [0, 0.1) is 0 Å². The summed E-state index contributed by atoms with van der Waals surface area (Å²) in [6, 6.07) is 0. The summed E-state index contributed by atoms with van der Waals surface area (Å²) in [6.45, 7) is 7.63. The Bertz CT molecular complexity index is 275. The van der Waals surface area contributed by atoms with Crippen LogP contribution in [0.2, 0.25) is 0 Å². The highest BCUT2D eigenvalue weighted by molar-refractivity contribution is 5.72. The number of carbonyl (C=O) groups is 4. The lowest BCUT2D eigenvalue weighted by molar-refractivity contribution is -0.138. The lowest BCUT2D eigenvalue weighted by Crippen LogP contribution is -2.21. The number of Topliss-reactive ketones (excluding diaryl/α,β-unsaturated/α-hetero) is 1. The monoisotopic (exact) mass is 324 g/mol. The highest BCUT2D eigenvalue weighted by atomic mass is 16.5. The van der Waals surface area contributed by atoms with Crippen LogP contribution in [-0.2, 0) is 28.7 Å². The van der Waals surface area contributed by atoms with Crippen LogP contribution < -0.4 is 10.6 Å². The Labute approximate surface area is 133 Å². The molecule has 0 aromatic rings. The molecule has 0 heterocycles. The van der Waals surface area contributed by atoms with Gasteiger partial charge in [0.05, 0.1) is 7.11 Å². The molecule has 0 aliphatic heterocycles. The van der Waals surface area contributed by atoms with E-state index in [0.29, 0.717) is 6.73 Å². The highest BCUT2D eigenvalue weighted by Gasteiger charge is 1.82. The number of nitrogens with one attached hydrogen (secondary N) is 2. The third-order valence-electron chi connectivity index (χ3n) is 1.10. The Morgan fingerprint density at radius 2 is 1.14 bits per heavy atom. The summed E-state index contributed by atoms with van der Waals surface area (Å²) >= 11 is 0. The summed E-state index contributed by atoms with van der Waals surface area (Å²) in [7, 11) is 4.47. The Hall–Kier alpha value is -1.96. The second-order valence-electron chi connectivity index (χ2n) is 3.58. The molecule has 0 bridgehead atoms. The number of hydrogen-bond acceptors (Lipinski definition) is 6. The van der Waals surface area contributed by atoms with Crippen molar-refractivity contribution in [3.8, 4) is 0 Å². The van der Waals surface area contributed by atoms with Gasteiger partial charge in [-0.3, -0.25) is 14.4 Å². The second-order valence-corrected chi connectivity index (χ2v) is 3.58. The molecule has 134 valence electrons. The molecule has 0 aliphatic rings. The fourth-order valence-electron chi connectivity index (χ4n) is 0.174. The van der Waals surface area contributed by atoms with Crippen molar-refractivity contribution in [3.63, 3.8) is 0 Å². The van der Waals surface area contributed by atoms with Gasteiger partial charge in [0, 0.05) is 34.9 Å². The standard InChI is InChI=1S/C4H9NO2.C3H7NO.C3H6O2.C3H6O.CH4/c1-4(6)5-3-7-2;1-3(5)4-2;1-3(4)5-2;1-3(2)4;/h3H2,1-2H3,(H,5,6);1-2H3,(H,4,5);1-2H3;1-2H3;1H4. The topological polar surface area (TPSA) is 111 Å². The van der Waals surface area contributed by atoms with Gasteiger partial charge in [-0.2, -0.15) is 0 Å². The van der Waals surface area contributed by atoms with E-state index in [4.69, 9.17) is 0 Å². The SMILES string of the molecule is C.CC(C)=O.CNC(C)=O.COC(C)=O.COCNC(C)=O. The zero-order valence-corrected chi connectivity index (χ0v) is 14.2. The molecule has 0 aromatic heterocycles. The average Bonchev–Trinajstić information content (AvgIpc) is 2.36. The maximum absolute atomic E-state index is 10.0. The van der Waals surface area contributed by atoms with Crippen LogP contribution in [0.5, 0.6) is 0 Å². The maximum atomic E-state index is 10.0. The fraction of sp³-hybridized carbons (Fsp3) is 0.714. The number of methoxy groups -OCH3 is 2. The van der Waals surface area contributed by atoms with E-state index >= 15 is 0 Å². The van der Waals surface area contributed by atoms with Crippen molar-refractivity contribution >= 4 is 23.6 Å². The lowest BCUT2D eigenvalue weighted by Gasteiger charge is -1.95. The van der Waals surface area contributed by atoms with E-state index in [1.165, 1.54) is 48.8 Å². The van der Waals surface area contributed by atoms with Crippen LogP contribution in [0.1, 0.15) is 42.0 Å². The first kappa shape index (κ1) is 32.1. The van der Waals surface area contributed by atoms with Crippen molar-refractivity contribution in [2.24, 2.45) is 0 Å². The van der Waals surface area contributed by atoms with Crippen LogP contribution in [0.25, 0.3) is 0 Å². The summed E-state index contributed by atoms with van der Waals surface area (Å²) in [4.78, 5) is 38.7. The van der Waals surface area contributed by atoms with Crippen molar-refractivity contribution in [1.82, 2.24) is 10.6 Å². The van der Waals surface area contributed by atoms with Gasteiger partial charge >= 0.3 is 5.97 Å². The summed E-state index contributed by atoms with van der Waals surface area (Å²) in [5, 5.41) is 4.82. The van der Waals surface area contributed by atoms with Gasteiger partial charge in [0.25, 0.3) is 0 Å². The van der Waals surface area contributed by atoms with Gasteiger partial charge in [-0.25, -0.2) is 0 Å². The van der Waals surface area contributed by atoms with Gasteiger partial charge in [-0.15, -0.1) is 0 Å². The van der Waals surface area contributed by atoms with Crippen LogP contribution in [0.4, 0.5) is 0 Å². The van der Waals surface area contributed by atoms with Gasteiger partial charge in [-0.05, 0) is 13.8 Å². The quantitative estimate of drug-likeness (QED) is 0.576. The molecule has 22 heavy (non-hydrogen) atoms.